The van der Waals surface area contributed by atoms with Gasteiger partial charge in [-0.2, -0.15) is 5.26 Å². The maximum Gasteiger partial charge on any atom is 0.207 e. The second-order valence-electron chi connectivity index (χ2n) is 1.41. The van der Waals surface area contributed by atoms with E-state index in [1.165, 1.54) is 0 Å². The summed E-state index contributed by atoms with van der Waals surface area (Å²) in [5, 5.41) is 13.3. The molecular formula is C5H9N3O. The SMILES string of the molecule is N#CCNCCNC=O. The number of nitrogens with zero attached hydrogens (tertiary/aromatic N) is 1. The molecule has 4 heteroatoms. The summed E-state index contributed by atoms with van der Waals surface area (Å²) in [7, 11) is 0. The molecule has 0 aliphatic carbocycles. The zero-order valence-electron chi connectivity index (χ0n) is 5.05. The van der Waals surface area contributed by atoms with Crippen molar-refractivity contribution in [3.05, 3.63) is 0 Å². The molecule has 0 aromatic rings. The van der Waals surface area contributed by atoms with Gasteiger partial charge in [-0.05, 0) is 0 Å². The number of hydrogen-bond acceptors (Lipinski definition) is 3. The lowest BCUT2D eigenvalue weighted by atomic mass is 10.6. The Kier molecular flexibility index (Phi) is 6.09. The summed E-state index contributed by atoms with van der Waals surface area (Å²) in [5.41, 5.74) is 0. The molecule has 0 spiro atoms. The predicted molar refractivity (Wildman–Crippen MR) is 32.5 cm³/mol. The van der Waals surface area contributed by atoms with Crippen LogP contribution in [-0.2, 0) is 4.79 Å². The van der Waals surface area contributed by atoms with Crippen LogP contribution in [0.4, 0.5) is 0 Å². The molecule has 2 N–H and O–H groups in total. The average Bonchev–Trinajstić information content (AvgIpc) is 1.89. The first kappa shape index (κ1) is 7.92. The van der Waals surface area contributed by atoms with Crippen LogP contribution < -0.4 is 10.6 Å². The summed E-state index contributed by atoms with van der Waals surface area (Å²) in [6.07, 6.45) is 0.633. The van der Waals surface area contributed by atoms with Crippen LogP contribution in [0.3, 0.4) is 0 Å². The van der Waals surface area contributed by atoms with Crippen LogP contribution in [0.25, 0.3) is 0 Å². The number of carbonyl (C=O) groups excluding carboxylic acids is 1. The third-order valence-corrected chi connectivity index (χ3v) is 0.734. The van der Waals surface area contributed by atoms with Crippen LogP contribution in [0.5, 0.6) is 0 Å². The molecule has 0 unspecified atom stereocenters. The molecule has 0 aliphatic rings. The highest BCUT2D eigenvalue weighted by Gasteiger charge is 1.81. The summed E-state index contributed by atoms with van der Waals surface area (Å²) in [6.45, 7) is 1.55. The molecule has 0 heterocycles. The van der Waals surface area contributed by atoms with Crippen LogP contribution in [0, 0.1) is 11.3 Å². The van der Waals surface area contributed by atoms with Crippen molar-refractivity contribution in [2.24, 2.45) is 0 Å². The number of hydrogen-bond donors (Lipinski definition) is 2. The maximum atomic E-state index is 9.63. The molecule has 1 amide bonds. The molecule has 50 valence electrons. The standard InChI is InChI=1S/C5H9N3O/c6-1-2-7-3-4-8-5-9/h5,7H,2-4H2,(H,8,9). The first-order chi connectivity index (χ1) is 4.41. The van der Waals surface area contributed by atoms with Gasteiger partial charge >= 0.3 is 0 Å². The minimum atomic E-state index is 0.334. The second-order valence-corrected chi connectivity index (χ2v) is 1.41. The summed E-state index contributed by atoms with van der Waals surface area (Å²) < 4.78 is 0. The highest BCUT2D eigenvalue weighted by Crippen LogP contribution is 1.54. The van der Waals surface area contributed by atoms with E-state index in [0.717, 1.165) is 0 Å². The zero-order chi connectivity index (χ0) is 6.95. The quantitative estimate of drug-likeness (QED) is 0.278. The lowest BCUT2D eigenvalue weighted by Crippen LogP contribution is -2.26. The van der Waals surface area contributed by atoms with Gasteiger partial charge in [0, 0.05) is 13.1 Å². The smallest absolute Gasteiger partial charge is 0.207 e. The number of carbonyl (C=O) groups is 1. The van der Waals surface area contributed by atoms with Crippen LogP contribution in [-0.4, -0.2) is 26.0 Å². The Labute approximate surface area is 53.9 Å². The predicted octanol–water partition coefficient (Wildman–Crippen LogP) is -1.15. The molecule has 0 aliphatic heterocycles. The molecule has 0 aromatic carbocycles. The van der Waals surface area contributed by atoms with Crippen molar-refractivity contribution in [1.82, 2.24) is 10.6 Å². The van der Waals surface area contributed by atoms with Crippen LogP contribution in [0.15, 0.2) is 0 Å². The summed E-state index contributed by atoms with van der Waals surface area (Å²) in [5.74, 6) is 0. The molecule has 0 radical (unpaired) electrons. The van der Waals surface area contributed by atoms with Crippen molar-refractivity contribution >= 4 is 6.41 Å². The Bertz CT molecular complexity index is 107. The van der Waals surface area contributed by atoms with E-state index < -0.39 is 0 Å². The second kappa shape index (κ2) is 6.92. The van der Waals surface area contributed by atoms with E-state index in [9.17, 15) is 4.79 Å². The van der Waals surface area contributed by atoms with E-state index in [2.05, 4.69) is 10.6 Å². The zero-order valence-corrected chi connectivity index (χ0v) is 5.05. The minimum Gasteiger partial charge on any atom is -0.357 e. The highest BCUT2D eigenvalue weighted by molar-refractivity contribution is 5.45. The fourth-order valence-electron chi connectivity index (χ4n) is 0.364. The van der Waals surface area contributed by atoms with E-state index >= 15 is 0 Å². The molecular weight excluding hydrogens is 118 g/mol. The first-order valence-corrected chi connectivity index (χ1v) is 2.66. The molecule has 4 nitrogen and oxygen atoms in total. The summed E-state index contributed by atoms with van der Waals surface area (Å²) >= 11 is 0. The molecule has 0 fully saturated rings. The largest absolute Gasteiger partial charge is 0.357 e. The topological polar surface area (TPSA) is 64.9 Å². The van der Waals surface area contributed by atoms with Crippen molar-refractivity contribution in [1.29, 1.82) is 5.26 Å². The summed E-state index contributed by atoms with van der Waals surface area (Å²) in [4.78, 5) is 9.63. The molecule has 0 rings (SSSR count). The van der Waals surface area contributed by atoms with Crippen LogP contribution in [0.1, 0.15) is 0 Å². The maximum absolute atomic E-state index is 9.63. The Morgan fingerprint density at radius 2 is 2.33 bits per heavy atom. The number of amides is 1. The van der Waals surface area contributed by atoms with E-state index in [0.29, 0.717) is 26.0 Å². The van der Waals surface area contributed by atoms with Gasteiger partial charge in [-0.25, -0.2) is 0 Å². The number of rotatable bonds is 5. The normalized spacial score (nSPS) is 7.89. The molecule has 0 bridgehead atoms. The van der Waals surface area contributed by atoms with E-state index in [4.69, 9.17) is 5.26 Å². The Hall–Kier alpha value is -1.08. The number of nitrogens with one attached hydrogen (secondary N) is 2. The Balaban J connectivity index is 2.76. The average molecular weight is 127 g/mol. The Morgan fingerprint density at radius 1 is 1.56 bits per heavy atom. The first-order valence-electron chi connectivity index (χ1n) is 2.66. The van der Waals surface area contributed by atoms with Gasteiger partial charge in [0.2, 0.25) is 6.41 Å². The monoisotopic (exact) mass is 127 g/mol. The third-order valence-electron chi connectivity index (χ3n) is 0.734. The minimum absolute atomic E-state index is 0.334. The molecule has 9 heavy (non-hydrogen) atoms. The summed E-state index contributed by atoms with van der Waals surface area (Å²) in [6, 6.07) is 1.92. The van der Waals surface area contributed by atoms with E-state index in [1.54, 1.807) is 0 Å². The molecule has 0 aromatic heterocycles. The third kappa shape index (κ3) is 6.92. The van der Waals surface area contributed by atoms with Crippen LogP contribution >= 0.6 is 0 Å². The van der Waals surface area contributed by atoms with Crippen molar-refractivity contribution in [3.63, 3.8) is 0 Å². The molecule has 0 atom stereocenters. The lowest BCUT2D eigenvalue weighted by Gasteiger charge is -1.96. The van der Waals surface area contributed by atoms with Gasteiger partial charge in [0.1, 0.15) is 0 Å². The van der Waals surface area contributed by atoms with Crippen molar-refractivity contribution in [2.45, 2.75) is 0 Å². The van der Waals surface area contributed by atoms with Gasteiger partial charge in [-0.1, -0.05) is 0 Å². The fraction of sp³-hybridized carbons (Fsp3) is 0.600. The van der Waals surface area contributed by atoms with Gasteiger partial charge in [-0.15, -0.1) is 0 Å². The van der Waals surface area contributed by atoms with E-state index in [-0.39, 0.29) is 0 Å². The van der Waals surface area contributed by atoms with E-state index in [1.807, 2.05) is 6.07 Å². The lowest BCUT2D eigenvalue weighted by molar-refractivity contribution is -0.109. The van der Waals surface area contributed by atoms with Crippen molar-refractivity contribution in [3.8, 4) is 6.07 Å². The van der Waals surface area contributed by atoms with Crippen molar-refractivity contribution in [2.75, 3.05) is 19.6 Å². The molecule has 0 saturated carbocycles. The van der Waals surface area contributed by atoms with Gasteiger partial charge in [0.25, 0.3) is 0 Å². The number of nitriles is 1. The van der Waals surface area contributed by atoms with Gasteiger partial charge in [-0.3, -0.25) is 4.79 Å². The Morgan fingerprint density at radius 3 is 2.89 bits per heavy atom. The molecule has 0 saturated heterocycles. The van der Waals surface area contributed by atoms with Crippen molar-refractivity contribution < 1.29 is 4.79 Å². The van der Waals surface area contributed by atoms with Gasteiger partial charge in [0.15, 0.2) is 0 Å². The van der Waals surface area contributed by atoms with Gasteiger partial charge < -0.3 is 10.6 Å². The highest BCUT2D eigenvalue weighted by atomic mass is 16.1. The van der Waals surface area contributed by atoms with Gasteiger partial charge in [0.05, 0.1) is 12.6 Å². The fourth-order valence-corrected chi connectivity index (χ4v) is 0.364. The van der Waals surface area contributed by atoms with Crippen LogP contribution in [0.2, 0.25) is 0 Å².